The van der Waals surface area contributed by atoms with Crippen LogP contribution in [0, 0.1) is 0 Å². The van der Waals surface area contributed by atoms with Crippen molar-refractivity contribution in [1.82, 2.24) is 4.57 Å². The number of carbonyl (C=O) groups is 1. The van der Waals surface area contributed by atoms with Crippen LogP contribution in [0.4, 0.5) is 13.2 Å². The lowest BCUT2D eigenvalue weighted by Gasteiger charge is -2.37. The van der Waals surface area contributed by atoms with Gasteiger partial charge in [-0.3, -0.25) is 4.99 Å². The molecule has 26 heavy (non-hydrogen) atoms. The van der Waals surface area contributed by atoms with E-state index in [1.807, 2.05) is 0 Å². The zero-order valence-electron chi connectivity index (χ0n) is 13.9. The molecule has 0 saturated carbocycles. The molecular weight excluding hydrogens is 349 g/mol. The van der Waals surface area contributed by atoms with Crippen molar-refractivity contribution in [2.24, 2.45) is 4.99 Å². The molecule has 2 unspecified atom stereocenters. The van der Waals surface area contributed by atoms with Gasteiger partial charge in [0.2, 0.25) is 0 Å². The highest BCUT2D eigenvalue weighted by Gasteiger charge is 2.43. The minimum atomic E-state index is -4.64. The van der Waals surface area contributed by atoms with Crippen LogP contribution in [0.1, 0.15) is 23.8 Å². The van der Waals surface area contributed by atoms with Crippen LogP contribution in [-0.2, 0) is 6.54 Å². The summed E-state index contributed by atoms with van der Waals surface area (Å²) < 4.78 is 41.1. The van der Waals surface area contributed by atoms with E-state index in [1.54, 1.807) is 25.2 Å². The zero-order valence-corrected chi connectivity index (χ0v) is 13.9. The first-order valence-corrected chi connectivity index (χ1v) is 7.94. The average Bonchev–Trinajstić information content (AvgIpc) is 3.00. The van der Waals surface area contributed by atoms with Crippen molar-refractivity contribution in [2.75, 3.05) is 0 Å². The molecule has 0 fully saturated rings. The third kappa shape index (κ3) is 3.24. The van der Waals surface area contributed by atoms with Gasteiger partial charge in [-0.1, -0.05) is 18.2 Å². The molecule has 1 aliphatic carbocycles. The molecule has 0 bridgehead atoms. The van der Waals surface area contributed by atoms with E-state index in [0.29, 0.717) is 5.57 Å². The standard InChI is InChI=1S/C18H17F3N2O3/c1-17-7-3-2-5-12(17)11(9-15(22-17)18(19,20)21)14(24)10-23-8-4-6-13(23)16(25)26/h2-6,8-9,14,24H,7,10H2,1H3,(H,25,26). The number of carboxylic acid groups (broad SMARTS) is 1. The maximum absolute atomic E-state index is 13.3. The number of fused-ring (bicyclic) bond motifs is 1. The normalized spacial score (nSPS) is 23.7. The van der Waals surface area contributed by atoms with Crippen LogP contribution < -0.4 is 0 Å². The summed E-state index contributed by atoms with van der Waals surface area (Å²) in [5.41, 5.74) is -1.61. The first-order chi connectivity index (χ1) is 12.1. The molecule has 2 aliphatic rings. The zero-order chi connectivity index (χ0) is 19.1. The van der Waals surface area contributed by atoms with Crippen molar-refractivity contribution in [3.8, 4) is 0 Å². The fourth-order valence-electron chi connectivity index (χ4n) is 3.26. The molecule has 1 aromatic rings. The molecule has 8 heteroatoms. The average molecular weight is 366 g/mol. The van der Waals surface area contributed by atoms with Crippen molar-refractivity contribution >= 4 is 11.7 Å². The van der Waals surface area contributed by atoms with Crippen molar-refractivity contribution in [1.29, 1.82) is 0 Å². The van der Waals surface area contributed by atoms with E-state index in [2.05, 4.69) is 4.99 Å². The Balaban J connectivity index is 2.00. The predicted octanol–water partition coefficient (Wildman–Crippen LogP) is 3.14. The number of allylic oxidation sites excluding steroid dienone is 3. The Morgan fingerprint density at radius 1 is 1.46 bits per heavy atom. The number of aliphatic hydroxyl groups is 1. The largest absolute Gasteiger partial charge is 0.477 e. The van der Waals surface area contributed by atoms with Crippen LogP contribution in [0.25, 0.3) is 0 Å². The maximum Gasteiger partial charge on any atom is 0.432 e. The molecule has 138 valence electrons. The Morgan fingerprint density at radius 3 is 2.85 bits per heavy atom. The highest BCUT2D eigenvalue weighted by molar-refractivity contribution is 6.02. The first-order valence-electron chi connectivity index (χ1n) is 7.94. The van der Waals surface area contributed by atoms with Crippen molar-refractivity contribution in [3.05, 3.63) is 59.5 Å². The third-order valence-electron chi connectivity index (χ3n) is 4.53. The molecule has 0 radical (unpaired) electrons. The number of alkyl halides is 3. The Hall–Kier alpha value is -2.61. The Kier molecular flexibility index (Phi) is 4.39. The van der Waals surface area contributed by atoms with E-state index in [-0.39, 0.29) is 24.2 Å². The molecule has 0 spiro atoms. The smallest absolute Gasteiger partial charge is 0.432 e. The second-order valence-electron chi connectivity index (χ2n) is 6.45. The summed E-state index contributed by atoms with van der Waals surface area (Å²) in [5, 5.41) is 19.8. The lowest BCUT2D eigenvalue weighted by molar-refractivity contribution is -0.0585. The van der Waals surface area contributed by atoms with Gasteiger partial charge in [0, 0.05) is 6.20 Å². The number of hydrogen-bond acceptors (Lipinski definition) is 3. The number of nitrogens with zero attached hydrogens (tertiary/aromatic N) is 2. The van der Waals surface area contributed by atoms with Crippen LogP contribution in [-0.4, -0.2) is 44.3 Å². The van der Waals surface area contributed by atoms with Gasteiger partial charge in [-0.05, 0) is 42.7 Å². The summed E-state index contributed by atoms with van der Waals surface area (Å²) in [6.07, 6.45) is 1.72. The van der Waals surface area contributed by atoms with E-state index in [0.717, 1.165) is 6.08 Å². The van der Waals surface area contributed by atoms with Crippen LogP contribution in [0.3, 0.4) is 0 Å². The van der Waals surface area contributed by atoms with Gasteiger partial charge in [0.25, 0.3) is 0 Å². The van der Waals surface area contributed by atoms with Crippen molar-refractivity contribution < 1.29 is 28.2 Å². The third-order valence-corrected chi connectivity index (χ3v) is 4.53. The Morgan fingerprint density at radius 2 is 2.19 bits per heavy atom. The number of rotatable bonds is 4. The molecule has 0 aromatic carbocycles. The second-order valence-corrected chi connectivity index (χ2v) is 6.45. The van der Waals surface area contributed by atoms with Gasteiger partial charge in [-0.2, -0.15) is 13.2 Å². The van der Waals surface area contributed by atoms with Crippen molar-refractivity contribution in [3.63, 3.8) is 0 Å². The van der Waals surface area contributed by atoms with Gasteiger partial charge in [-0.15, -0.1) is 0 Å². The summed E-state index contributed by atoms with van der Waals surface area (Å²) in [6, 6.07) is 2.86. The highest BCUT2D eigenvalue weighted by Crippen LogP contribution is 2.41. The van der Waals surface area contributed by atoms with Gasteiger partial charge in [0.15, 0.2) is 0 Å². The summed E-state index contributed by atoms with van der Waals surface area (Å²) in [5.74, 6) is -1.18. The summed E-state index contributed by atoms with van der Waals surface area (Å²) in [6.45, 7) is 1.41. The van der Waals surface area contributed by atoms with Gasteiger partial charge < -0.3 is 14.8 Å². The lowest BCUT2D eigenvalue weighted by atomic mass is 9.77. The van der Waals surface area contributed by atoms with E-state index >= 15 is 0 Å². The highest BCUT2D eigenvalue weighted by atomic mass is 19.4. The lowest BCUT2D eigenvalue weighted by Crippen LogP contribution is -2.39. The monoisotopic (exact) mass is 366 g/mol. The number of aromatic carboxylic acids is 1. The molecule has 3 rings (SSSR count). The minimum Gasteiger partial charge on any atom is -0.477 e. The molecular formula is C18H17F3N2O3. The molecule has 5 nitrogen and oxygen atoms in total. The van der Waals surface area contributed by atoms with Crippen LogP contribution in [0.2, 0.25) is 0 Å². The van der Waals surface area contributed by atoms with Crippen LogP contribution in [0.15, 0.2) is 58.8 Å². The molecule has 2 heterocycles. The Bertz CT molecular complexity index is 861. The fraction of sp³-hybridized carbons (Fsp3) is 0.333. The molecule has 2 N–H and O–H groups in total. The number of dihydropyridines is 1. The molecule has 0 saturated heterocycles. The van der Waals surface area contributed by atoms with Gasteiger partial charge in [0.1, 0.15) is 11.4 Å². The first kappa shape index (κ1) is 18.2. The maximum atomic E-state index is 13.3. The quantitative estimate of drug-likeness (QED) is 0.860. The van der Waals surface area contributed by atoms with E-state index in [1.165, 1.54) is 22.9 Å². The van der Waals surface area contributed by atoms with E-state index in [9.17, 15) is 23.1 Å². The molecule has 2 atom stereocenters. The minimum absolute atomic E-state index is 0.0505. The second kappa shape index (κ2) is 6.28. The molecule has 1 aromatic heterocycles. The molecule has 0 amide bonds. The predicted molar refractivity (Wildman–Crippen MR) is 89.2 cm³/mol. The van der Waals surface area contributed by atoms with E-state index < -0.39 is 29.5 Å². The van der Waals surface area contributed by atoms with Gasteiger partial charge >= 0.3 is 12.1 Å². The topological polar surface area (TPSA) is 74.8 Å². The van der Waals surface area contributed by atoms with Gasteiger partial charge in [0.05, 0.1) is 18.2 Å². The fourth-order valence-corrected chi connectivity index (χ4v) is 3.26. The number of hydrogen-bond donors (Lipinski definition) is 2. The summed E-state index contributed by atoms with van der Waals surface area (Å²) in [7, 11) is 0. The van der Waals surface area contributed by atoms with Crippen molar-refractivity contribution in [2.45, 2.75) is 37.7 Å². The van der Waals surface area contributed by atoms with Gasteiger partial charge in [-0.25, -0.2) is 4.79 Å². The Labute approximate surface area is 147 Å². The van der Waals surface area contributed by atoms with E-state index in [4.69, 9.17) is 5.11 Å². The van der Waals surface area contributed by atoms with Crippen LogP contribution >= 0.6 is 0 Å². The summed E-state index contributed by atoms with van der Waals surface area (Å²) in [4.78, 5) is 15.1. The number of carboxylic acids is 1. The number of aromatic nitrogens is 1. The number of aliphatic hydroxyl groups excluding tert-OH is 1. The van der Waals surface area contributed by atoms with Crippen LogP contribution in [0.5, 0.6) is 0 Å². The molecule has 1 aliphatic heterocycles. The number of halogens is 3. The summed E-state index contributed by atoms with van der Waals surface area (Å²) >= 11 is 0. The number of aliphatic imine (C=N–C) groups is 1. The SMILES string of the molecule is CC12CC=CC=C1C(C(O)Cn1cccc1C(=O)O)=CC(C(F)(F)F)=N2.